The van der Waals surface area contributed by atoms with E-state index in [1.54, 1.807) is 61.3 Å². The fourth-order valence-electron chi connectivity index (χ4n) is 3.10. The van der Waals surface area contributed by atoms with E-state index in [2.05, 4.69) is 10.9 Å². The van der Waals surface area contributed by atoms with E-state index in [1.807, 2.05) is 0 Å². The summed E-state index contributed by atoms with van der Waals surface area (Å²) in [5.74, 6) is 3.23. The van der Waals surface area contributed by atoms with Crippen LogP contribution in [0.1, 0.15) is 12.8 Å². The summed E-state index contributed by atoms with van der Waals surface area (Å²) in [6, 6.07) is 11.7. The second-order valence-electron chi connectivity index (χ2n) is 6.56. The average molecular weight is 459 g/mol. The van der Waals surface area contributed by atoms with Gasteiger partial charge in [0.05, 0.1) is 31.4 Å². The number of fused-ring (bicyclic) bond motifs is 1. The Labute approximate surface area is 184 Å². The van der Waals surface area contributed by atoms with Crippen molar-refractivity contribution in [1.82, 2.24) is 4.57 Å². The van der Waals surface area contributed by atoms with Gasteiger partial charge in [0.25, 0.3) is 0 Å². The molecule has 0 aliphatic rings. The third kappa shape index (κ3) is 4.98. The van der Waals surface area contributed by atoms with Gasteiger partial charge >= 0.3 is 0 Å². The number of carbonyl (C=O) groups is 1. The Morgan fingerprint density at radius 2 is 1.81 bits per heavy atom. The second kappa shape index (κ2) is 9.81. The fraction of sp³-hybridized carbons (Fsp3) is 0.273. The molecule has 0 radical (unpaired) electrons. The van der Waals surface area contributed by atoms with E-state index in [4.69, 9.17) is 15.9 Å². The molecule has 0 aliphatic carbocycles. The van der Waals surface area contributed by atoms with E-state index >= 15 is 0 Å². The van der Waals surface area contributed by atoms with Crippen LogP contribution in [-0.2, 0) is 21.2 Å². The third-order valence-corrected chi connectivity index (χ3v) is 7.48. The summed E-state index contributed by atoms with van der Waals surface area (Å²) in [4.78, 5) is 17.3. The van der Waals surface area contributed by atoms with Gasteiger partial charge in [-0.05, 0) is 30.7 Å². The number of sulfone groups is 1. The van der Waals surface area contributed by atoms with Gasteiger partial charge in [0, 0.05) is 6.42 Å². The van der Waals surface area contributed by atoms with Crippen molar-refractivity contribution in [3.63, 3.8) is 0 Å². The van der Waals surface area contributed by atoms with Crippen molar-refractivity contribution in [3.8, 4) is 23.8 Å². The Kier molecular flexibility index (Phi) is 7.15. The van der Waals surface area contributed by atoms with Crippen LogP contribution in [0.3, 0.4) is 0 Å². The molecule has 9 heteroatoms. The molecule has 3 rings (SSSR count). The van der Waals surface area contributed by atoms with Gasteiger partial charge < -0.3 is 14.0 Å². The summed E-state index contributed by atoms with van der Waals surface area (Å²) in [5, 5.41) is 0. The van der Waals surface area contributed by atoms with E-state index in [9.17, 15) is 13.2 Å². The summed E-state index contributed by atoms with van der Waals surface area (Å²) in [6.07, 6.45) is 5.70. The zero-order chi connectivity index (χ0) is 22.4. The number of thiazole rings is 1. The topological polar surface area (TPSA) is 87.0 Å². The van der Waals surface area contributed by atoms with E-state index in [-0.39, 0.29) is 30.0 Å². The van der Waals surface area contributed by atoms with Crippen LogP contribution in [0.5, 0.6) is 11.5 Å². The van der Waals surface area contributed by atoms with Crippen molar-refractivity contribution in [3.05, 3.63) is 47.3 Å². The summed E-state index contributed by atoms with van der Waals surface area (Å²) in [6.45, 7) is 0.192. The normalized spacial score (nSPS) is 12.0. The van der Waals surface area contributed by atoms with Crippen LogP contribution < -0.4 is 14.3 Å². The number of terminal acetylenes is 1. The highest BCUT2D eigenvalue weighted by molar-refractivity contribution is 7.91. The summed E-state index contributed by atoms with van der Waals surface area (Å²) in [5.41, 5.74) is 0.697. The molecule has 0 aliphatic heterocycles. The van der Waals surface area contributed by atoms with Gasteiger partial charge in [-0.2, -0.15) is 4.99 Å². The van der Waals surface area contributed by atoms with Gasteiger partial charge in [0.2, 0.25) is 5.91 Å². The van der Waals surface area contributed by atoms with Crippen molar-refractivity contribution in [2.75, 3.05) is 20.0 Å². The first-order chi connectivity index (χ1) is 14.9. The second-order valence-corrected chi connectivity index (χ2v) is 9.65. The van der Waals surface area contributed by atoms with Crippen LogP contribution in [0.4, 0.5) is 0 Å². The van der Waals surface area contributed by atoms with Crippen LogP contribution in [0, 0.1) is 12.3 Å². The molecule has 0 saturated carbocycles. The lowest BCUT2D eigenvalue weighted by atomic mass is 10.3. The lowest BCUT2D eigenvalue weighted by Crippen LogP contribution is -2.17. The Morgan fingerprint density at radius 3 is 2.45 bits per heavy atom. The quantitative estimate of drug-likeness (QED) is 0.484. The molecule has 0 saturated heterocycles. The smallest absolute Gasteiger partial charge is 0.248 e. The van der Waals surface area contributed by atoms with Crippen LogP contribution in [0.25, 0.3) is 10.2 Å². The first-order valence-corrected chi connectivity index (χ1v) is 11.9. The van der Waals surface area contributed by atoms with Crippen LogP contribution >= 0.6 is 11.3 Å². The molecule has 0 fully saturated rings. The van der Waals surface area contributed by atoms with Crippen molar-refractivity contribution >= 4 is 37.3 Å². The molecule has 162 valence electrons. The number of carbonyl (C=O) groups excluding carboxylic acids is 1. The number of amides is 1. The molecular formula is C22H22N2O5S2. The minimum atomic E-state index is -3.44. The first kappa shape index (κ1) is 22.6. The number of ether oxygens (including phenoxy) is 2. The standard InChI is InChI=1S/C22H22N2O5S2/c1-4-14-24-20-17(28-2)12-13-18(29-3)21(20)30-22(24)23-19(25)11-8-15-31(26,27)16-9-6-5-7-10-16/h1,5-7,9-10,12-13H,8,11,14-15H2,2-3H3. The van der Waals surface area contributed by atoms with Crippen molar-refractivity contribution in [2.45, 2.75) is 24.3 Å². The summed E-state index contributed by atoms with van der Waals surface area (Å²) in [7, 11) is -0.333. The molecule has 1 heterocycles. The molecule has 1 amide bonds. The lowest BCUT2D eigenvalue weighted by molar-refractivity contribution is -0.118. The van der Waals surface area contributed by atoms with E-state index in [0.29, 0.717) is 21.8 Å². The van der Waals surface area contributed by atoms with Gasteiger partial charge in [0.1, 0.15) is 21.7 Å². The minimum Gasteiger partial charge on any atom is -0.495 e. The molecule has 0 atom stereocenters. The molecule has 31 heavy (non-hydrogen) atoms. The monoisotopic (exact) mass is 458 g/mol. The number of hydrogen-bond acceptors (Lipinski definition) is 6. The molecule has 0 unspecified atom stereocenters. The molecular weight excluding hydrogens is 436 g/mol. The molecule has 0 N–H and O–H groups in total. The summed E-state index contributed by atoms with van der Waals surface area (Å²) < 4.78 is 38.1. The molecule has 2 aromatic carbocycles. The maximum atomic E-state index is 12.5. The Hall–Kier alpha value is -3.09. The van der Waals surface area contributed by atoms with Crippen molar-refractivity contribution in [2.24, 2.45) is 4.99 Å². The van der Waals surface area contributed by atoms with Gasteiger partial charge in [-0.3, -0.25) is 4.79 Å². The Bertz CT molecular complexity index is 1300. The Morgan fingerprint density at radius 1 is 1.13 bits per heavy atom. The highest BCUT2D eigenvalue weighted by atomic mass is 32.2. The Balaban J connectivity index is 1.87. The van der Waals surface area contributed by atoms with Crippen molar-refractivity contribution < 1.29 is 22.7 Å². The highest BCUT2D eigenvalue weighted by Gasteiger charge is 2.17. The lowest BCUT2D eigenvalue weighted by Gasteiger charge is -2.08. The summed E-state index contributed by atoms with van der Waals surface area (Å²) >= 11 is 1.27. The number of nitrogens with zero attached hydrogens (tertiary/aromatic N) is 2. The minimum absolute atomic E-state index is 0.00460. The largest absolute Gasteiger partial charge is 0.495 e. The number of rotatable bonds is 8. The average Bonchev–Trinajstić information content (AvgIpc) is 3.12. The van der Waals surface area contributed by atoms with E-state index < -0.39 is 15.7 Å². The molecule has 0 spiro atoms. The van der Waals surface area contributed by atoms with Gasteiger partial charge in [-0.15, -0.1) is 6.42 Å². The number of methoxy groups -OCH3 is 2. The number of hydrogen-bond donors (Lipinski definition) is 0. The van der Waals surface area contributed by atoms with Gasteiger partial charge in [-0.1, -0.05) is 35.5 Å². The number of benzene rings is 2. The fourth-order valence-corrected chi connectivity index (χ4v) is 5.59. The first-order valence-electron chi connectivity index (χ1n) is 9.44. The van der Waals surface area contributed by atoms with Crippen LogP contribution in [0.2, 0.25) is 0 Å². The van der Waals surface area contributed by atoms with E-state index in [0.717, 1.165) is 4.70 Å². The maximum Gasteiger partial charge on any atom is 0.248 e. The zero-order valence-corrected chi connectivity index (χ0v) is 18.8. The predicted octanol–water partition coefficient (Wildman–Crippen LogP) is 3.03. The molecule has 0 bridgehead atoms. The SMILES string of the molecule is C#CCn1c(=NC(=O)CCCS(=O)(=O)c2ccccc2)sc2c(OC)ccc(OC)c21. The van der Waals surface area contributed by atoms with Crippen LogP contribution in [-0.4, -0.2) is 38.9 Å². The van der Waals surface area contributed by atoms with Gasteiger partial charge in [0.15, 0.2) is 14.6 Å². The molecule has 7 nitrogen and oxygen atoms in total. The highest BCUT2D eigenvalue weighted by Crippen LogP contribution is 2.35. The zero-order valence-electron chi connectivity index (χ0n) is 17.2. The van der Waals surface area contributed by atoms with Crippen LogP contribution in [0.15, 0.2) is 52.4 Å². The maximum absolute atomic E-state index is 12.5. The van der Waals surface area contributed by atoms with Crippen molar-refractivity contribution in [1.29, 1.82) is 0 Å². The molecule has 1 aromatic heterocycles. The predicted molar refractivity (Wildman–Crippen MR) is 120 cm³/mol. The van der Waals surface area contributed by atoms with Gasteiger partial charge in [-0.25, -0.2) is 8.42 Å². The van der Waals surface area contributed by atoms with E-state index in [1.165, 1.54) is 11.3 Å². The molecule has 3 aromatic rings. The third-order valence-electron chi connectivity index (χ3n) is 4.57. The number of aromatic nitrogens is 1.